The molecule has 3 heterocycles. The van der Waals surface area contributed by atoms with Crippen LogP contribution in [0.4, 0.5) is 8.78 Å². The van der Waals surface area contributed by atoms with Crippen molar-refractivity contribution >= 4 is 46.6 Å². The quantitative estimate of drug-likeness (QED) is 0.302. The van der Waals surface area contributed by atoms with Crippen molar-refractivity contribution in [2.24, 2.45) is 5.73 Å². The SMILES string of the molecule is NC(=O)C1(N2CCC(F)(F)CC2)CCN(C(=O)c2cc(-c3ccc(Cl)cc3Cl)n(-c3ccc(Cl)cc3)c2CCCO)CC1. The van der Waals surface area contributed by atoms with E-state index >= 15 is 0 Å². The van der Waals surface area contributed by atoms with Gasteiger partial charge in [0.25, 0.3) is 11.8 Å². The number of piperidine rings is 2. The summed E-state index contributed by atoms with van der Waals surface area (Å²) in [6.45, 7) is 0.541. The molecular formula is C31H33Cl3F2N4O3. The zero-order valence-electron chi connectivity index (χ0n) is 23.5. The number of aliphatic hydroxyl groups excluding tert-OH is 1. The number of rotatable bonds is 8. The second-order valence-corrected chi connectivity index (χ2v) is 12.5. The second-order valence-electron chi connectivity index (χ2n) is 11.2. The van der Waals surface area contributed by atoms with Crippen molar-refractivity contribution in [1.29, 1.82) is 0 Å². The fraction of sp³-hybridized carbons (Fsp3) is 0.419. The molecule has 0 unspecified atom stereocenters. The molecule has 2 aliphatic heterocycles. The maximum absolute atomic E-state index is 14.2. The first kappa shape index (κ1) is 31.7. The molecule has 2 aromatic carbocycles. The second kappa shape index (κ2) is 12.7. The van der Waals surface area contributed by atoms with E-state index in [1.807, 2.05) is 16.7 Å². The molecule has 0 aliphatic carbocycles. The summed E-state index contributed by atoms with van der Waals surface area (Å²) < 4.78 is 29.7. The number of hydrogen-bond donors (Lipinski definition) is 2. The van der Waals surface area contributed by atoms with Crippen LogP contribution in [0.1, 0.15) is 48.2 Å². The van der Waals surface area contributed by atoms with Gasteiger partial charge in [0.05, 0.1) is 16.3 Å². The number of alkyl halides is 2. The predicted octanol–water partition coefficient (Wildman–Crippen LogP) is 6.22. The van der Waals surface area contributed by atoms with Gasteiger partial charge in [0, 0.05) is 72.6 Å². The van der Waals surface area contributed by atoms with Crippen molar-refractivity contribution < 1.29 is 23.5 Å². The van der Waals surface area contributed by atoms with Crippen LogP contribution < -0.4 is 5.73 Å². The van der Waals surface area contributed by atoms with Crippen LogP contribution >= 0.6 is 34.8 Å². The Labute approximate surface area is 264 Å². The molecule has 3 aromatic rings. The first-order valence-corrected chi connectivity index (χ1v) is 15.4. The van der Waals surface area contributed by atoms with Crippen molar-refractivity contribution in [3.05, 3.63) is 74.9 Å². The highest BCUT2D eigenvalue weighted by atomic mass is 35.5. The Morgan fingerprint density at radius 1 is 0.884 bits per heavy atom. The molecule has 5 rings (SSSR count). The van der Waals surface area contributed by atoms with Crippen LogP contribution in [0.2, 0.25) is 15.1 Å². The van der Waals surface area contributed by atoms with Crippen LogP contribution in [0, 0.1) is 0 Å². The smallest absolute Gasteiger partial charge is 0.255 e. The lowest BCUT2D eigenvalue weighted by molar-refractivity contribution is -0.140. The standard InChI is InChI=1S/C31H33Cl3F2N4O3/c32-20-3-6-22(7-4-20)40-26(2-1-17-41)24(19-27(40)23-8-5-21(33)18-25(23)34)28(42)38-13-9-30(10-14-38,29(37)43)39-15-11-31(35,36)12-16-39/h3-8,18-19,41H,1-2,9-17H2,(H2,37,43). The summed E-state index contributed by atoms with van der Waals surface area (Å²) in [5.41, 5.74) is 8.00. The Bertz CT molecular complexity index is 1490. The van der Waals surface area contributed by atoms with Crippen molar-refractivity contribution in [3.63, 3.8) is 0 Å². The Kier molecular flexibility index (Phi) is 9.40. The van der Waals surface area contributed by atoms with Crippen LogP contribution in [0.5, 0.6) is 0 Å². The maximum atomic E-state index is 14.2. The third-order valence-electron chi connectivity index (χ3n) is 8.63. The van der Waals surface area contributed by atoms with Gasteiger partial charge in [0.1, 0.15) is 5.54 Å². The predicted molar refractivity (Wildman–Crippen MR) is 164 cm³/mol. The highest BCUT2D eigenvalue weighted by Crippen LogP contribution is 2.39. The fourth-order valence-electron chi connectivity index (χ4n) is 6.24. The lowest BCUT2D eigenvalue weighted by Gasteiger charge is -2.49. The van der Waals surface area contributed by atoms with Gasteiger partial charge >= 0.3 is 0 Å². The minimum Gasteiger partial charge on any atom is -0.396 e. The summed E-state index contributed by atoms with van der Waals surface area (Å²) in [6.07, 6.45) is 0.654. The van der Waals surface area contributed by atoms with Crippen LogP contribution in [0.25, 0.3) is 16.9 Å². The van der Waals surface area contributed by atoms with Gasteiger partial charge in [-0.2, -0.15) is 0 Å². The zero-order valence-corrected chi connectivity index (χ0v) is 25.7. The number of nitrogens with two attached hydrogens (primary N) is 1. The molecule has 0 bridgehead atoms. The monoisotopic (exact) mass is 652 g/mol. The van der Waals surface area contributed by atoms with Crippen molar-refractivity contribution in [1.82, 2.24) is 14.4 Å². The molecule has 0 spiro atoms. The zero-order chi connectivity index (χ0) is 30.9. The first-order valence-electron chi connectivity index (χ1n) is 14.2. The lowest BCUT2D eigenvalue weighted by Crippen LogP contribution is -2.64. The summed E-state index contributed by atoms with van der Waals surface area (Å²) >= 11 is 19.0. The number of nitrogens with zero attached hydrogens (tertiary/aromatic N) is 3. The maximum Gasteiger partial charge on any atom is 0.255 e. The largest absolute Gasteiger partial charge is 0.396 e. The van der Waals surface area contributed by atoms with Gasteiger partial charge < -0.3 is 20.3 Å². The molecule has 230 valence electrons. The Morgan fingerprint density at radius 2 is 1.51 bits per heavy atom. The Hall–Kier alpha value is -2.69. The van der Waals surface area contributed by atoms with Gasteiger partial charge in [-0.3, -0.25) is 14.5 Å². The molecule has 43 heavy (non-hydrogen) atoms. The molecule has 7 nitrogen and oxygen atoms in total. The number of hydrogen-bond acceptors (Lipinski definition) is 4. The fourth-order valence-corrected chi connectivity index (χ4v) is 6.87. The minimum absolute atomic E-state index is 0.0732. The third-order valence-corrected chi connectivity index (χ3v) is 9.43. The average molecular weight is 654 g/mol. The van der Waals surface area contributed by atoms with E-state index < -0.39 is 17.4 Å². The number of amides is 2. The van der Waals surface area contributed by atoms with Crippen LogP contribution in [0.3, 0.4) is 0 Å². The summed E-state index contributed by atoms with van der Waals surface area (Å²) in [7, 11) is 0. The molecule has 12 heteroatoms. The Morgan fingerprint density at radius 3 is 2.09 bits per heavy atom. The van der Waals surface area contributed by atoms with Gasteiger partial charge in [-0.1, -0.05) is 34.8 Å². The minimum atomic E-state index is -2.75. The van der Waals surface area contributed by atoms with Gasteiger partial charge in [-0.15, -0.1) is 0 Å². The average Bonchev–Trinajstić information content (AvgIpc) is 3.35. The van der Waals surface area contributed by atoms with Gasteiger partial charge in [0.15, 0.2) is 0 Å². The van der Waals surface area contributed by atoms with Crippen LogP contribution in [-0.4, -0.2) is 75.5 Å². The number of carbonyl (C=O) groups is 2. The van der Waals surface area contributed by atoms with E-state index in [0.29, 0.717) is 50.4 Å². The van der Waals surface area contributed by atoms with Gasteiger partial charge in [-0.05, 0) is 74.2 Å². The highest BCUT2D eigenvalue weighted by molar-refractivity contribution is 6.36. The molecule has 2 amide bonds. The van der Waals surface area contributed by atoms with E-state index in [1.165, 1.54) is 0 Å². The number of halogens is 5. The number of benzene rings is 2. The molecule has 0 radical (unpaired) electrons. The first-order chi connectivity index (χ1) is 20.5. The highest BCUT2D eigenvalue weighted by Gasteiger charge is 2.49. The summed E-state index contributed by atoms with van der Waals surface area (Å²) in [4.78, 5) is 30.4. The van der Waals surface area contributed by atoms with Crippen LogP contribution in [-0.2, 0) is 11.2 Å². The third kappa shape index (κ3) is 6.42. The van der Waals surface area contributed by atoms with E-state index in [0.717, 1.165) is 5.69 Å². The van der Waals surface area contributed by atoms with E-state index in [1.54, 1.807) is 46.2 Å². The van der Waals surface area contributed by atoms with E-state index in [2.05, 4.69) is 0 Å². The lowest BCUT2D eigenvalue weighted by atomic mass is 9.83. The molecule has 2 fully saturated rings. The number of likely N-dealkylation sites (tertiary alicyclic amines) is 2. The van der Waals surface area contributed by atoms with E-state index in [-0.39, 0.29) is 64.4 Å². The molecule has 2 aliphatic rings. The molecular weight excluding hydrogens is 621 g/mol. The summed E-state index contributed by atoms with van der Waals surface area (Å²) in [5, 5.41) is 11.1. The number of aromatic nitrogens is 1. The number of aliphatic hydroxyl groups is 1. The van der Waals surface area contributed by atoms with E-state index in [9.17, 15) is 23.5 Å². The summed E-state index contributed by atoms with van der Waals surface area (Å²) in [5.74, 6) is -3.55. The van der Waals surface area contributed by atoms with Crippen molar-refractivity contribution in [3.8, 4) is 16.9 Å². The molecule has 3 N–H and O–H groups in total. The Balaban J connectivity index is 1.52. The summed E-state index contributed by atoms with van der Waals surface area (Å²) in [6, 6.07) is 14.1. The van der Waals surface area contributed by atoms with Crippen LogP contribution in [0.15, 0.2) is 48.5 Å². The molecule has 0 saturated carbocycles. The molecule has 2 saturated heterocycles. The van der Waals surface area contributed by atoms with E-state index in [4.69, 9.17) is 40.5 Å². The van der Waals surface area contributed by atoms with Crippen molar-refractivity contribution in [2.45, 2.75) is 50.0 Å². The molecule has 0 atom stereocenters. The van der Waals surface area contributed by atoms with Gasteiger partial charge in [-0.25, -0.2) is 8.78 Å². The van der Waals surface area contributed by atoms with Crippen molar-refractivity contribution in [2.75, 3.05) is 32.8 Å². The van der Waals surface area contributed by atoms with Gasteiger partial charge in [0.2, 0.25) is 5.91 Å². The number of primary amides is 1. The normalized spacial score (nSPS) is 18.5. The molecule has 1 aromatic heterocycles. The number of carbonyl (C=O) groups excluding carboxylic acids is 2. The topological polar surface area (TPSA) is 91.8 Å².